The summed E-state index contributed by atoms with van der Waals surface area (Å²) in [4.78, 5) is 18.4. The normalized spacial score (nSPS) is 16.3. The second-order valence-corrected chi connectivity index (χ2v) is 13.1. The Morgan fingerprint density at radius 3 is 2.74 bits per heavy atom. The molecular weight excluding hydrogens is 330 g/mol. The topological polar surface area (TPSA) is 74.7 Å². The molecule has 8 heteroatoms. The van der Waals surface area contributed by atoms with Gasteiger partial charge in [-0.1, -0.05) is 20.8 Å². The quantitative estimate of drug-likeness (QED) is 0.602. The minimum Gasteiger partial charge on any atom is -0.415 e. The van der Waals surface area contributed by atoms with Crippen LogP contribution in [0.15, 0.2) is 5.38 Å². The molecule has 0 saturated carbocycles. The first-order valence-electron chi connectivity index (χ1n) is 7.91. The van der Waals surface area contributed by atoms with Crippen molar-refractivity contribution in [1.82, 2.24) is 10.3 Å². The van der Waals surface area contributed by atoms with Crippen LogP contribution in [0, 0.1) is 0 Å². The number of thiazole rings is 1. The first kappa shape index (κ1) is 18.4. The highest BCUT2D eigenvalue weighted by Gasteiger charge is 2.36. The number of carbonyl (C=O) groups excluding carboxylic acids is 1. The third kappa shape index (κ3) is 4.53. The van der Waals surface area contributed by atoms with Gasteiger partial charge in [0, 0.05) is 25.0 Å². The number of hydrogen-bond acceptors (Lipinski definition) is 6. The van der Waals surface area contributed by atoms with Crippen LogP contribution >= 0.6 is 11.3 Å². The van der Waals surface area contributed by atoms with Gasteiger partial charge in [0.1, 0.15) is 5.69 Å². The molecule has 0 radical (unpaired) electrons. The Kier molecular flexibility index (Phi) is 5.50. The maximum Gasteiger partial charge on any atom is 0.270 e. The fourth-order valence-electron chi connectivity index (χ4n) is 1.90. The molecule has 0 unspecified atom stereocenters. The van der Waals surface area contributed by atoms with Crippen molar-refractivity contribution in [3.8, 4) is 0 Å². The third-order valence-corrected chi connectivity index (χ3v) is 9.95. The smallest absolute Gasteiger partial charge is 0.270 e. The molecule has 23 heavy (non-hydrogen) atoms. The van der Waals surface area contributed by atoms with Crippen LogP contribution in [-0.4, -0.2) is 56.7 Å². The average molecular weight is 358 g/mol. The minimum atomic E-state index is -1.77. The molecule has 1 amide bonds. The largest absolute Gasteiger partial charge is 0.415 e. The molecule has 2 N–H and O–H groups in total. The van der Waals surface area contributed by atoms with Gasteiger partial charge >= 0.3 is 0 Å². The summed E-state index contributed by atoms with van der Waals surface area (Å²) >= 11 is 1.43. The van der Waals surface area contributed by atoms with Gasteiger partial charge < -0.3 is 19.7 Å². The van der Waals surface area contributed by atoms with Crippen LogP contribution in [0.5, 0.6) is 0 Å². The number of β-amino-alcohol motifs (C(OH)–C–C–N with tert-alkyl or cyclic N) is 1. The number of amides is 1. The Bertz CT molecular complexity index is 550. The van der Waals surface area contributed by atoms with E-state index < -0.39 is 8.32 Å². The van der Waals surface area contributed by atoms with Crippen molar-refractivity contribution in [3.05, 3.63) is 11.1 Å². The number of aliphatic hydroxyl groups is 1. The number of carbonyl (C=O) groups is 1. The van der Waals surface area contributed by atoms with E-state index in [9.17, 15) is 9.90 Å². The molecule has 0 aromatic carbocycles. The second kappa shape index (κ2) is 6.88. The summed E-state index contributed by atoms with van der Waals surface area (Å²) in [5.74, 6) is -0.174. The van der Waals surface area contributed by atoms with Crippen LogP contribution in [0.25, 0.3) is 0 Å². The van der Waals surface area contributed by atoms with Gasteiger partial charge in [-0.3, -0.25) is 4.79 Å². The zero-order valence-electron chi connectivity index (χ0n) is 14.5. The van der Waals surface area contributed by atoms with Gasteiger partial charge in [0.2, 0.25) is 0 Å². The molecule has 1 aromatic rings. The molecule has 0 bridgehead atoms. The number of nitrogens with one attached hydrogen (secondary N) is 1. The molecule has 130 valence electrons. The van der Waals surface area contributed by atoms with Crippen molar-refractivity contribution in [2.45, 2.75) is 45.0 Å². The number of anilines is 1. The number of aromatic nitrogens is 1. The van der Waals surface area contributed by atoms with Crippen molar-refractivity contribution < 1.29 is 14.3 Å². The van der Waals surface area contributed by atoms with Gasteiger partial charge in [0.25, 0.3) is 5.91 Å². The summed E-state index contributed by atoms with van der Waals surface area (Å²) in [5.41, 5.74) is 0.429. The Labute approximate surface area is 143 Å². The lowest BCUT2D eigenvalue weighted by Gasteiger charge is -2.36. The van der Waals surface area contributed by atoms with Crippen LogP contribution in [0.4, 0.5) is 5.13 Å². The predicted octanol–water partition coefficient (Wildman–Crippen LogP) is 2.08. The number of aliphatic hydroxyl groups excluding tert-OH is 1. The zero-order chi connectivity index (χ0) is 17.3. The lowest BCUT2D eigenvalue weighted by molar-refractivity contribution is 0.0941. The van der Waals surface area contributed by atoms with E-state index in [0.29, 0.717) is 31.9 Å². The van der Waals surface area contributed by atoms with E-state index in [1.807, 2.05) is 4.90 Å². The first-order valence-corrected chi connectivity index (χ1v) is 11.7. The summed E-state index contributed by atoms with van der Waals surface area (Å²) in [5, 5.41) is 14.9. The molecule has 1 saturated heterocycles. The van der Waals surface area contributed by atoms with Gasteiger partial charge in [-0.05, 0) is 18.1 Å². The second-order valence-electron chi connectivity index (χ2n) is 7.44. The van der Waals surface area contributed by atoms with Crippen molar-refractivity contribution >= 4 is 30.7 Å². The van der Waals surface area contributed by atoms with E-state index in [4.69, 9.17) is 4.43 Å². The van der Waals surface area contributed by atoms with Crippen LogP contribution < -0.4 is 10.2 Å². The molecule has 2 rings (SSSR count). The monoisotopic (exact) mass is 357 g/mol. The summed E-state index contributed by atoms with van der Waals surface area (Å²) < 4.78 is 6.03. The van der Waals surface area contributed by atoms with Crippen LogP contribution in [0.3, 0.4) is 0 Å². The maximum absolute atomic E-state index is 12.1. The molecule has 6 nitrogen and oxygen atoms in total. The predicted molar refractivity (Wildman–Crippen MR) is 95.8 cm³/mol. The van der Waals surface area contributed by atoms with Gasteiger partial charge in [0.05, 0.1) is 12.7 Å². The zero-order valence-corrected chi connectivity index (χ0v) is 16.4. The molecule has 0 atom stereocenters. The van der Waals surface area contributed by atoms with Crippen LogP contribution in [0.2, 0.25) is 18.1 Å². The average Bonchev–Trinajstić information content (AvgIpc) is 2.88. The van der Waals surface area contributed by atoms with E-state index in [-0.39, 0.29) is 17.0 Å². The molecular formula is C15H27N3O3SSi. The lowest BCUT2D eigenvalue weighted by Crippen LogP contribution is -2.50. The standard InChI is InChI=1S/C15H27N3O3SSi/c1-15(2,3)23(4,5)21-7-6-16-13(20)12-10-22-14(17-12)18-8-11(19)9-18/h10-11,19H,6-9H2,1-5H3,(H,16,20). The molecule has 0 aliphatic carbocycles. The lowest BCUT2D eigenvalue weighted by atomic mass is 10.2. The van der Waals surface area contributed by atoms with Gasteiger partial charge in [-0.25, -0.2) is 4.98 Å². The number of nitrogens with zero attached hydrogens (tertiary/aromatic N) is 2. The Balaban J connectivity index is 1.75. The highest BCUT2D eigenvalue weighted by molar-refractivity contribution is 7.14. The Hall–Kier alpha value is -0.963. The summed E-state index contributed by atoms with van der Waals surface area (Å²) in [7, 11) is -1.77. The van der Waals surface area contributed by atoms with E-state index in [2.05, 4.69) is 44.2 Å². The third-order valence-electron chi connectivity index (χ3n) is 4.51. The number of rotatable bonds is 6. The summed E-state index contributed by atoms with van der Waals surface area (Å²) in [6, 6.07) is 0. The fraction of sp³-hybridized carbons (Fsp3) is 0.733. The molecule has 1 aliphatic rings. The van der Waals surface area contributed by atoms with Gasteiger partial charge in [-0.15, -0.1) is 11.3 Å². The summed E-state index contributed by atoms with van der Waals surface area (Å²) in [6.07, 6.45) is -0.274. The van der Waals surface area contributed by atoms with Crippen molar-refractivity contribution in [2.75, 3.05) is 31.1 Å². The highest BCUT2D eigenvalue weighted by atomic mass is 32.1. The van der Waals surface area contributed by atoms with E-state index >= 15 is 0 Å². The molecule has 1 fully saturated rings. The minimum absolute atomic E-state index is 0.169. The number of hydrogen-bond donors (Lipinski definition) is 2. The molecule has 0 spiro atoms. The SMILES string of the molecule is CC(C)(C)[Si](C)(C)OCCNC(=O)c1csc(N2CC(O)C2)n1. The highest BCUT2D eigenvalue weighted by Crippen LogP contribution is 2.36. The first-order chi connectivity index (χ1) is 10.6. The molecule has 2 heterocycles. The maximum atomic E-state index is 12.1. The molecule has 1 aromatic heterocycles. The van der Waals surface area contributed by atoms with Crippen molar-refractivity contribution in [1.29, 1.82) is 0 Å². The summed E-state index contributed by atoms with van der Waals surface area (Å²) in [6.45, 7) is 13.2. The van der Waals surface area contributed by atoms with Gasteiger partial charge in [-0.2, -0.15) is 0 Å². The Morgan fingerprint density at radius 2 is 2.17 bits per heavy atom. The van der Waals surface area contributed by atoms with E-state index in [1.54, 1.807) is 5.38 Å². The van der Waals surface area contributed by atoms with E-state index in [1.165, 1.54) is 11.3 Å². The van der Waals surface area contributed by atoms with Crippen molar-refractivity contribution in [3.63, 3.8) is 0 Å². The molecule has 1 aliphatic heterocycles. The van der Waals surface area contributed by atoms with Gasteiger partial charge in [0.15, 0.2) is 13.4 Å². The Morgan fingerprint density at radius 1 is 1.52 bits per heavy atom. The van der Waals surface area contributed by atoms with E-state index in [0.717, 1.165) is 5.13 Å². The van der Waals surface area contributed by atoms with Crippen molar-refractivity contribution in [2.24, 2.45) is 0 Å². The fourth-order valence-corrected chi connectivity index (χ4v) is 3.77. The van der Waals surface area contributed by atoms with Crippen LogP contribution in [-0.2, 0) is 4.43 Å². The van der Waals surface area contributed by atoms with Crippen LogP contribution in [0.1, 0.15) is 31.3 Å².